The van der Waals surface area contributed by atoms with Crippen LogP contribution in [0.3, 0.4) is 0 Å². The third kappa shape index (κ3) is 4.37. The number of rotatable bonds is 5. The average molecular weight is 328 g/mol. The Morgan fingerprint density at radius 3 is 2.52 bits per heavy atom. The predicted molar refractivity (Wildman–Crippen MR) is 78.1 cm³/mol. The van der Waals surface area contributed by atoms with Crippen molar-refractivity contribution in [1.82, 2.24) is 10.2 Å². The molecule has 0 radical (unpaired) electrons. The van der Waals surface area contributed by atoms with Crippen LogP contribution >= 0.6 is 0 Å². The van der Waals surface area contributed by atoms with Gasteiger partial charge in [0, 0.05) is 25.2 Å². The van der Waals surface area contributed by atoms with E-state index in [0.29, 0.717) is 6.04 Å². The van der Waals surface area contributed by atoms with Crippen LogP contribution in [0.1, 0.15) is 24.8 Å². The van der Waals surface area contributed by atoms with Crippen molar-refractivity contribution in [2.45, 2.75) is 37.5 Å². The number of likely N-dealkylation sites (tertiary alicyclic amines) is 1. The van der Waals surface area contributed by atoms with Crippen LogP contribution in [0.25, 0.3) is 0 Å². The van der Waals surface area contributed by atoms with Crippen molar-refractivity contribution < 1.29 is 22.7 Å². The van der Waals surface area contributed by atoms with Gasteiger partial charge in [0.25, 0.3) is 5.91 Å². The molecule has 0 spiro atoms. The molecule has 0 bridgehead atoms. The second kappa shape index (κ2) is 6.39. The first-order valence-electron chi connectivity index (χ1n) is 7.75. The van der Waals surface area contributed by atoms with Crippen LogP contribution < -0.4 is 10.1 Å². The highest BCUT2D eigenvalue weighted by atomic mass is 19.4. The van der Waals surface area contributed by atoms with Gasteiger partial charge >= 0.3 is 6.18 Å². The van der Waals surface area contributed by atoms with Crippen molar-refractivity contribution in [3.63, 3.8) is 0 Å². The van der Waals surface area contributed by atoms with Crippen molar-refractivity contribution in [3.8, 4) is 5.75 Å². The smallest absolute Gasteiger partial charge is 0.416 e. The van der Waals surface area contributed by atoms with E-state index in [1.807, 2.05) is 0 Å². The molecular weight excluding hydrogens is 309 g/mol. The van der Waals surface area contributed by atoms with Crippen LogP contribution in [0.5, 0.6) is 5.75 Å². The summed E-state index contributed by atoms with van der Waals surface area (Å²) in [5, 5.41) is 2.91. The number of carbonyl (C=O) groups is 1. The molecule has 1 heterocycles. The molecule has 7 heteroatoms. The standard InChI is InChI=1S/C16H19F3N2O2/c17-16(18,19)11-1-5-14(6-2-11)23-10-15(22)20-12-7-8-21(9-12)13-3-4-13/h1-2,5-6,12-13H,3-4,7-10H2,(H,20,22)/t12-/m0/s1. The molecule has 1 aliphatic carbocycles. The van der Waals surface area contributed by atoms with Gasteiger partial charge in [-0.3, -0.25) is 9.69 Å². The first-order valence-corrected chi connectivity index (χ1v) is 7.75. The van der Waals surface area contributed by atoms with Crippen molar-refractivity contribution >= 4 is 5.91 Å². The molecule has 1 N–H and O–H groups in total. The van der Waals surface area contributed by atoms with E-state index >= 15 is 0 Å². The predicted octanol–water partition coefficient (Wildman–Crippen LogP) is 2.44. The highest BCUT2D eigenvalue weighted by molar-refractivity contribution is 5.77. The molecule has 2 aliphatic rings. The van der Waals surface area contributed by atoms with E-state index in [9.17, 15) is 18.0 Å². The van der Waals surface area contributed by atoms with Gasteiger partial charge in [-0.2, -0.15) is 13.2 Å². The number of halogens is 3. The Morgan fingerprint density at radius 1 is 1.22 bits per heavy atom. The van der Waals surface area contributed by atoms with Crippen LogP contribution in [0.4, 0.5) is 13.2 Å². The van der Waals surface area contributed by atoms with Crippen molar-refractivity contribution in [2.24, 2.45) is 0 Å². The third-order valence-corrected chi connectivity index (χ3v) is 4.20. The first-order chi connectivity index (χ1) is 10.9. The molecule has 0 aromatic heterocycles. The van der Waals surface area contributed by atoms with E-state index in [4.69, 9.17) is 4.74 Å². The molecule has 23 heavy (non-hydrogen) atoms. The van der Waals surface area contributed by atoms with Crippen molar-refractivity contribution in [3.05, 3.63) is 29.8 Å². The summed E-state index contributed by atoms with van der Waals surface area (Å²) in [7, 11) is 0. The van der Waals surface area contributed by atoms with E-state index in [-0.39, 0.29) is 24.3 Å². The average Bonchev–Trinajstić information content (AvgIpc) is 3.25. The molecule has 3 rings (SSSR count). The molecule has 1 atom stereocenters. The summed E-state index contributed by atoms with van der Waals surface area (Å²) < 4.78 is 42.6. The molecule has 4 nitrogen and oxygen atoms in total. The van der Waals surface area contributed by atoms with E-state index in [1.54, 1.807) is 0 Å². The van der Waals surface area contributed by atoms with Crippen LogP contribution in [-0.2, 0) is 11.0 Å². The van der Waals surface area contributed by atoms with Gasteiger partial charge in [0.05, 0.1) is 5.56 Å². The minimum Gasteiger partial charge on any atom is -0.484 e. The van der Waals surface area contributed by atoms with Gasteiger partial charge in [-0.15, -0.1) is 0 Å². The Balaban J connectivity index is 1.42. The number of hydrogen-bond donors (Lipinski definition) is 1. The number of nitrogens with one attached hydrogen (secondary N) is 1. The number of alkyl halides is 3. The molecule has 2 fully saturated rings. The lowest BCUT2D eigenvalue weighted by Crippen LogP contribution is -2.39. The summed E-state index contributed by atoms with van der Waals surface area (Å²) in [4.78, 5) is 14.2. The maximum absolute atomic E-state index is 12.4. The number of benzene rings is 1. The fourth-order valence-electron chi connectivity index (χ4n) is 2.83. The van der Waals surface area contributed by atoms with Gasteiger partial charge in [0.2, 0.25) is 0 Å². The third-order valence-electron chi connectivity index (χ3n) is 4.20. The van der Waals surface area contributed by atoms with Crippen molar-refractivity contribution in [2.75, 3.05) is 19.7 Å². The number of amides is 1. The highest BCUT2D eigenvalue weighted by Gasteiger charge is 2.34. The molecule has 1 amide bonds. The molecule has 0 unspecified atom stereocenters. The molecule has 1 aromatic rings. The molecular formula is C16H19F3N2O2. The van der Waals surface area contributed by atoms with E-state index in [0.717, 1.165) is 31.6 Å². The highest BCUT2D eigenvalue weighted by Crippen LogP contribution is 2.30. The van der Waals surface area contributed by atoms with Gasteiger partial charge in [0.1, 0.15) is 5.75 Å². The Bertz CT molecular complexity index is 555. The van der Waals surface area contributed by atoms with Crippen LogP contribution in [0, 0.1) is 0 Å². The Morgan fingerprint density at radius 2 is 1.91 bits per heavy atom. The van der Waals surface area contributed by atoms with Crippen LogP contribution in [-0.4, -0.2) is 42.6 Å². The lowest BCUT2D eigenvalue weighted by molar-refractivity contribution is -0.137. The van der Waals surface area contributed by atoms with Crippen molar-refractivity contribution in [1.29, 1.82) is 0 Å². The normalized spacial score (nSPS) is 22.1. The number of nitrogens with zero attached hydrogens (tertiary/aromatic N) is 1. The summed E-state index contributed by atoms with van der Waals surface area (Å²) in [5.41, 5.74) is -0.736. The summed E-state index contributed by atoms with van der Waals surface area (Å²) in [6, 6.07) is 5.16. The lowest BCUT2D eigenvalue weighted by Gasteiger charge is -2.16. The Kier molecular flexibility index (Phi) is 4.48. The molecule has 126 valence electrons. The minimum absolute atomic E-state index is 0.138. The van der Waals surface area contributed by atoms with Gasteiger partial charge in [-0.1, -0.05) is 0 Å². The van der Waals surface area contributed by atoms with Gasteiger partial charge in [0.15, 0.2) is 6.61 Å². The quantitative estimate of drug-likeness (QED) is 0.903. The zero-order valence-corrected chi connectivity index (χ0v) is 12.6. The Hall–Kier alpha value is -1.76. The minimum atomic E-state index is -4.37. The second-order valence-corrected chi connectivity index (χ2v) is 6.09. The first kappa shape index (κ1) is 16.1. The van der Waals surface area contributed by atoms with Crippen LogP contribution in [0.2, 0.25) is 0 Å². The number of carbonyl (C=O) groups excluding carboxylic acids is 1. The zero-order chi connectivity index (χ0) is 16.4. The summed E-state index contributed by atoms with van der Waals surface area (Å²) in [6.45, 7) is 1.69. The largest absolute Gasteiger partial charge is 0.484 e. The monoisotopic (exact) mass is 328 g/mol. The SMILES string of the molecule is O=C(COc1ccc(C(F)(F)F)cc1)N[C@H]1CCN(C2CC2)C1. The molecule has 1 saturated heterocycles. The topological polar surface area (TPSA) is 41.6 Å². The number of hydrogen-bond acceptors (Lipinski definition) is 3. The molecule has 1 aliphatic heterocycles. The van der Waals surface area contributed by atoms with E-state index in [2.05, 4.69) is 10.2 Å². The second-order valence-electron chi connectivity index (χ2n) is 6.09. The summed E-state index contributed by atoms with van der Waals surface area (Å²) in [6.07, 6.45) is -0.941. The van der Waals surface area contributed by atoms with Gasteiger partial charge < -0.3 is 10.1 Å². The van der Waals surface area contributed by atoms with Gasteiger partial charge in [-0.05, 0) is 43.5 Å². The lowest BCUT2D eigenvalue weighted by atomic mass is 10.2. The fraction of sp³-hybridized carbons (Fsp3) is 0.562. The summed E-state index contributed by atoms with van der Waals surface area (Å²) in [5.74, 6) is 0.00623. The fourth-order valence-corrected chi connectivity index (χ4v) is 2.83. The zero-order valence-electron chi connectivity index (χ0n) is 12.6. The number of ether oxygens (including phenoxy) is 1. The molecule has 1 aromatic carbocycles. The maximum Gasteiger partial charge on any atom is 0.416 e. The van der Waals surface area contributed by atoms with E-state index < -0.39 is 11.7 Å². The Labute approximate surface area is 132 Å². The van der Waals surface area contributed by atoms with E-state index in [1.165, 1.54) is 25.0 Å². The molecule has 1 saturated carbocycles. The summed E-state index contributed by atoms with van der Waals surface area (Å²) >= 11 is 0. The van der Waals surface area contributed by atoms with Gasteiger partial charge in [-0.25, -0.2) is 0 Å². The maximum atomic E-state index is 12.4. The van der Waals surface area contributed by atoms with Crippen LogP contribution in [0.15, 0.2) is 24.3 Å².